The highest BCUT2D eigenvalue weighted by atomic mass is 35.5. The van der Waals surface area contributed by atoms with Crippen LogP contribution in [0.5, 0.6) is 0 Å². The van der Waals surface area contributed by atoms with Crippen molar-refractivity contribution >= 4 is 34.6 Å². The zero-order valence-corrected chi connectivity index (χ0v) is 8.93. The Kier molecular flexibility index (Phi) is 2.97. The van der Waals surface area contributed by atoms with E-state index >= 15 is 0 Å². The maximum absolute atomic E-state index is 12.1. The quantitative estimate of drug-likeness (QED) is 0.837. The van der Waals surface area contributed by atoms with E-state index in [1.165, 1.54) is 12.3 Å². The molecule has 0 radical (unpaired) electrons. The minimum atomic E-state index is -4.35. The van der Waals surface area contributed by atoms with Crippen molar-refractivity contribution in [1.29, 1.82) is 0 Å². The van der Waals surface area contributed by atoms with Crippen molar-refractivity contribution in [2.75, 3.05) is 16.7 Å². The largest absolute Gasteiger partial charge is 0.459 e. The van der Waals surface area contributed by atoms with Gasteiger partial charge >= 0.3 is 6.18 Å². The molecule has 0 amide bonds. The Morgan fingerprint density at radius 2 is 2.12 bits per heavy atom. The number of nitrogens with one attached hydrogen (secondary N) is 2. The van der Waals surface area contributed by atoms with E-state index in [0.29, 0.717) is 5.52 Å². The number of fused-ring (bicyclic) bond motifs is 1. The lowest BCUT2D eigenvalue weighted by Gasteiger charge is -2.09. The van der Waals surface area contributed by atoms with E-state index in [2.05, 4.69) is 20.1 Å². The highest BCUT2D eigenvalue weighted by Gasteiger charge is 2.27. The molecule has 2 aromatic heterocycles. The number of nitrogens with zero attached hydrogens (tertiary/aromatic N) is 2. The lowest BCUT2D eigenvalue weighted by Crippen LogP contribution is -2.22. The van der Waals surface area contributed by atoms with E-state index in [-0.39, 0.29) is 17.3 Å². The molecule has 0 saturated heterocycles. The fourth-order valence-electron chi connectivity index (χ4n) is 1.21. The van der Waals surface area contributed by atoms with Gasteiger partial charge in [0.25, 0.3) is 0 Å². The summed E-state index contributed by atoms with van der Waals surface area (Å²) in [5.74, 6) is -0.0780. The van der Waals surface area contributed by atoms with Crippen molar-refractivity contribution in [2.24, 2.45) is 0 Å². The maximum Gasteiger partial charge on any atom is 0.405 e. The number of halogens is 4. The van der Waals surface area contributed by atoms with Gasteiger partial charge in [0.05, 0.1) is 6.26 Å². The molecule has 0 aromatic carbocycles. The highest BCUT2D eigenvalue weighted by Crippen LogP contribution is 2.24. The van der Waals surface area contributed by atoms with Gasteiger partial charge < -0.3 is 9.73 Å². The van der Waals surface area contributed by atoms with Gasteiger partial charge in [0, 0.05) is 17.8 Å². The van der Waals surface area contributed by atoms with Crippen LogP contribution in [0.3, 0.4) is 0 Å². The molecule has 5 nitrogen and oxygen atoms in total. The number of hydrogen-bond donors (Lipinski definition) is 2. The number of aromatic nitrogens is 2. The van der Waals surface area contributed by atoms with Crippen molar-refractivity contribution < 1.29 is 17.6 Å². The van der Waals surface area contributed by atoms with E-state index in [1.807, 2.05) is 0 Å². The molecule has 0 atom stereocenters. The molecular formula is C8H6ClF3N4O. The second kappa shape index (κ2) is 4.28. The molecule has 0 spiro atoms. The van der Waals surface area contributed by atoms with Crippen LogP contribution >= 0.6 is 11.8 Å². The van der Waals surface area contributed by atoms with Crippen molar-refractivity contribution in [3.8, 4) is 0 Å². The van der Waals surface area contributed by atoms with Crippen LogP contribution in [0.2, 0.25) is 0 Å². The van der Waals surface area contributed by atoms with Gasteiger partial charge in [0.1, 0.15) is 12.1 Å². The summed E-state index contributed by atoms with van der Waals surface area (Å²) in [5, 5.41) is 2.12. The van der Waals surface area contributed by atoms with Gasteiger partial charge in [-0.1, -0.05) is 0 Å². The zero-order valence-electron chi connectivity index (χ0n) is 8.18. The molecule has 2 rings (SSSR count). The van der Waals surface area contributed by atoms with Gasteiger partial charge in [-0.3, -0.25) is 4.84 Å². The number of hydrogen-bond acceptors (Lipinski definition) is 5. The molecule has 0 aliphatic heterocycles. The average molecular weight is 267 g/mol. The average Bonchev–Trinajstić information content (AvgIpc) is 2.72. The molecule has 0 fully saturated rings. The fraction of sp³-hybridized carbons (Fsp3) is 0.250. The molecule has 2 N–H and O–H groups in total. The number of furan rings is 1. The summed E-state index contributed by atoms with van der Waals surface area (Å²) in [6, 6.07) is 1.49. The Labute approximate surface area is 98.1 Å². The van der Waals surface area contributed by atoms with Crippen LogP contribution in [-0.2, 0) is 0 Å². The van der Waals surface area contributed by atoms with E-state index in [1.54, 1.807) is 0 Å². The van der Waals surface area contributed by atoms with Gasteiger partial charge in [-0.25, -0.2) is 4.98 Å². The van der Waals surface area contributed by atoms with Crippen molar-refractivity contribution in [3.05, 3.63) is 12.3 Å². The van der Waals surface area contributed by atoms with Crippen LogP contribution in [-0.4, -0.2) is 22.7 Å². The lowest BCUT2D eigenvalue weighted by molar-refractivity contribution is -0.115. The summed E-state index contributed by atoms with van der Waals surface area (Å²) >= 11 is 5.30. The summed E-state index contributed by atoms with van der Waals surface area (Å²) in [6.07, 6.45) is -3.05. The van der Waals surface area contributed by atoms with Gasteiger partial charge in [-0.15, -0.1) is 0 Å². The predicted molar refractivity (Wildman–Crippen MR) is 55.8 cm³/mol. The Morgan fingerprint density at radius 3 is 2.76 bits per heavy atom. The molecule has 92 valence electrons. The van der Waals surface area contributed by atoms with Gasteiger partial charge in [-0.2, -0.15) is 18.2 Å². The van der Waals surface area contributed by atoms with Crippen LogP contribution in [0.1, 0.15) is 0 Å². The van der Waals surface area contributed by atoms with Crippen LogP contribution < -0.4 is 10.2 Å². The number of alkyl halides is 3. The third-order valence-corrected chi connectivity index (χ3v) is 2.01. The summed E-state index contributed by atoms with van der Waals surface area (Å²) in [4.78, 5) is 9.76. The zero-order chi connectivity index (χ0) is 12.5. The molecule has 2 heterocycles. The molecule has 0 aliphatic carbocycles. The van der Waals surface area contributed by atoms with Crippen LogP contribution in [0, 0.1) is 0 Å². The number of rotatable bonds is 3. The molecule has 0 bridgehead atoms. The third kappa shape index (κ3) is 2.70. The van der Waals surface area contributed by atoms with Crippen LogP contribution in [0.4, 0.5) is 24.9 Å². The van der Waals surface area contributed by atoms with Crippen LogP contribution in [0.15, 0.2) is 16.7 Å². The monoisotopic (exact) mass is 266 g/mol. The van der Waals surface area contributed by atoms with Gasteiger partial charge in [0.2, 0.25) is 5.95 Å². The lowest BCUT2D eigenvalue weighted by atomic mass is 10.4. The van der Waals surface area contributed by atoms with Gasteiger partial charge in [0.15, 0.2) is 11.4 Å². The SMILES string of the molecule is FC(F)(F)CNc1nc(NCl)nc2ccoc12. The molecule has 0 unspecified atom stereocenters. The molecule has 0 aliphatic rings. The normalized spacial score (nSPS) is 11.8. The van der Waals surface area contributed by atoms with E-state index < -0.39 is 12.7 Å². The molecule has 2 aromatic rings. The molecule has 9 heteroatoms. The van der Waals surface area contributed by atoms with E-state index in [0.717, 1.165) is 0 Å². The first-order chi connectivity index (χ1) is 7.99. The molecule has 0 saturated carbocycles. The summed E-state index contributed by atoms with van der Waals surface area (Å²) in [7, 11) is 0. The van der Waals surface area contributed by atoms with Crippen LogP contribution in [0.25, 0.3) is 11.1 Å². The van der Waals surface area contributed by atoms with Crippen molar-refractivity contribution in [3.63, 3.8) is 0 Å². The first-order valence-electron chi connectivity index (χ1n) is 4.42. The minimum Gasteiger partial charge on any atom is -0.459 e. The minimum absolute atomic E-state index is 0.00904. The van der Waals surface area contributed by atoms with Crippen molar-refractivity contribution in [1.82, 2.24) is 9.97 Å². The topological polar surface area (TPSA) is 63.0 Å². The maximum atomic E-state index is 12.1. The van der Waals surface area contributed by atoms with Crippen molar-refractivity contribution in [2.45, 2.75) is 6.18 Å². The molecule has 17 heavy (non-hydrogen) atoms. The smallest absolute Gasteiger partial charge is 0.405 e. The fourth-order valence-corrected chi connectivity index (χ4v) is 1.29. The Bertz CT molecular complexity index is 527. The highest BCUT2D eigenvalue weighted by molar-refractivity contribution is 6.23. The van der Waals surface area contributed by atoms with Gasteiger partial charge in [-0.05, 0) is 0 Å². The summed E-state index contributed by atoms with van der Waals surface area (Å²) < 4.78 is 41.2. The second-order valence-corrected chi connectivity index (χ2v) is 3.28. The summed E-state index contributed by atoms with van der Waals surface area (Å²) in [5.41, 5.74) is 0.498. The van der Waals surface area contributed by atoms with E-state index in [4.69, 9.17) is 16.2 Å². The Balaban J connectivity index is 2.34. The first-order valence-corrected chi connectivity index (χ1v) is 4.80. The predicted octanol–water partition coefficient (Wildman–Crippen LogP) is 2.76. The second-order valence-electron chi connectivity index (χ2n) is 3.09. The Hall–Kier alpha value is -1.70. The Morgan fingerprint density at radius 1 is 1.35 bits per heavy atom. The first kappa shape index (κ1) is 11.8. The van der Waals surface area contributed by atoms with E-state index in [9.17, 15) is 13.2 Å². The molecular weight excluding hydrogens is 261 g/mol. The number of anilines is 2. The standard InChI is InChI=1S/C8H6ClF3N4O/c9-16-7-14-4-1-2-17-5(4)6(15-7)13-3-8(10,11)12/h1-2H,3H2,(H2,13,14,15,16). The third-order valence-electron chi connectivity index (χ3n) is 1.84. The summed E-state index contributed by atoms with van der Waals surface area (Å²) in [6.45, 7) is -1.22.